The van der Waals surface area contributed by atoms with Crippen LogP contribution >= 0.6 is 12.2 Å². The van der Waals surface area contributed by atoms with Gasteiger partial charge in [0.05, 0.1) is 23.5 Å². The van der Waals surface area contributed by atoms with E-state index in [4.69, 9.17) is 12.2 Å². The number of thiocarbonyl (C=S) groups is 1. The van der Waals surface area contributed by atoms with E-state index < -0.39 is 0 Å². The van der Waals surface area contributed by atoms with Gasteiger partial charge < -0.3 is 19.9 Å². The highest BCUT2D eigenvalue weighted by Gasteiger charge is 2.42. The summed E-state index contributed by atoms with van der Waals surface area (Å²) in [6.45, 7) is 0. The average Bonchev–Trinajstić information content (AvgIpc) is 3.48. The van der Waals surface area contributed by atoms with Gasteiger partial charge in [0.15, 0.2) is 5.11 Å². The fourth-order valence-electron chi connectivity index (χ4n) is 4.66. The van der Waals surface area contributed by atoms with Crippen molar-refractivity contribution in [3.05, 3.63) is 78.4 Å². The Morgan fingerprint density at radius 1 is 1.03 bits per heavy atom. The van der Waals surface area contributed by atoms with E-state index in [-0.39, 0.29) is 17.8 Å². The molecule has 1 saturated heterocycles. The number of nitrogens with zero attached hydrogens (tertiary/aromatic N) is 3. The second-order valence-electron chi connectivity index (χ2n) is 7.82. The molecule has 1 aliphatic heterocycles. The molecular weight excluding hydrogens is 380 g/mol. The smallest absolute Gasteiger partial charge is 0.174 e. The molecule has 3 aromatic rings. The number of aromatic hydroxyl groups is 1. The van der Waals surface area contributed by atoms with Gasteiger partial charge in [0.25, 0.3) is 0 Å². The zero-order valence-electron chi connectivity index (χ0n) is 16.1. The molecule has 5 nitrogen and oxygen atoms in total. The predicted octanol–water partition coefficient (Wildman–Crippen LogP) is 4.88. The molecule has 1 aromatic carbocycles. The Bertz CT molecular complexity index is 1010. The van der Waals surface area contributed by atoms with Gasteiger partial charge in [0, 0.05) is 24.6 Å². The quantitative estimate of drug-likeness (QED) is 0.607. The Kier molecular flexibility index (Phi) is 4.72. The van der Waals surface area contributed by atoms with E-state index in [0.717, 1.165) is 5.69 Å². The number of phenolic OH excluding ortho intramolecular Hbond substituents is 1. The summed E-state index contributed by atoms with van der Waals surface area (Å²) in [6.07, 6.45) is 11.3. The fraction of sp³-hybridized carbons (Fsp3) is 0.304. The highest BCUT2D eigenvalue weighted by molar-refractivity contribution is 7.80. The van der Waals surface area contributed by atoms with Gasteiger partial charge in [0.2, 0.25) is 0 Å². The molecule has 2 fully saturated rings. The molecule has 2 aromatic heterocycles. The van der Waals surface area contributed by atoms with Crippen LogP contribution in [0.4, 0.5) is 5.69 Å². The maximum Gasteiger partial charge on any atom is 0.174 e. The predicted molar refractivity (Wildman–Crippen MR) is 118 cm³/mol. The summed E-state index contributed by atoms with van der Waals surface area (Å²) in [5, 5.41) is 14.6. The van der Waals surface area contributed by atoms with Crippen LogP contribution < -0.4 is 10.2 Å². The van der Waals surface area contributed by atoms with E-state index in [2.05, 4.69) is 33.3 Å². The number of hydrogen-bond donors (Lipinski definition) is 2. The maximum absolute atomic E-state index is 10.5. The van der Waals surface area contributed by atoms with Gasteiger partial charge >= 0.3 is 0 Å². The van der Waals surface area contributed by atoms with Crippen molar-refractivity contribution in [1.82, 2.24) is 14.9 Å². The van der Waals surface area contributed by atoms with Crippen LogP contribution in [0.2, 0.25) is 0 Å². The van der Waals surface area contributed by atoms with Gasteiger partial charge in [-0.05, 0) is 61.0 Å². The standard InChI is InChI=1S/C23H24N4OS/c28-20-11-4-3-10-19(20)27-22(16-12-14-26(15-16)17-7-1-2-8-17)21(25-23(27)29)18-9-5-6-13-24-18/h3-6,9-15,17,21-22,28H,1-2,7-8H2,(H,25,29)/t21-,22-/m0/s1. The average molecular weight is 405 g/mol. The second kappa shape index (κ2) is 7.52. The lowest BCUT2D eigenvalue weighted by Crippen LogP contribution is -2.29. The van der Waals surface area contributed by atoms with Crippen molar-refractivity contribution >= 4 is 23.0 Å². The molecule has 0 amide bonds. The number of benzene rings is 1. The number of rotatable bonds is 4. The van der Waals surface area contributed by atoms with Crippen LogP contribution in [-0.4, -0.2) is 19.8 Å². The Balaban J connectivity index is 1.59. The van der Waals surface area contributed by atoms with E-state index in [1.165, 1.54) is 31.2 Å². The minimum atomic E-state index is -0.0947. The molecule has 29 heavy (non-hydrogen) atoms. The van der Waals surface area contributed by atoms with Gasteiger partial charge in [0.1, 0.15) is 5.75 Å². The summed E-state index contributed by atoms with van der Waals surface area (Å²) in [7, 11) is 0. The molecule has 0 spiro atoms. The van der Waals surface area contributed by atoms with Crippen molar-refractivity contribution in [1.29, 1.82) is 0 Å². The summed E-state index contributed by atoms with van der Waals surface area (Å²) >= 11 is 5.72. The minimum absolute atomic E-state index is 0.0895. The molecule has 0 unspecified atom stereocenters. The third kappa shape index (κ3) is 3.27. The molecule has 1 aliphatic carbocycles. The lowest BCUT2D eigenvalue weighted by molar-refractivity contribution is 0.472. The minimum Gasteiger partial charge on any atom is -0.506 e. The number of para-hydroxylation sites is 2. The Morgan fingerprint density at radius 3 is 2.59 bits per heavy atom. The van der Waals surface area contributed by atoms with Gasteiger partial charge in [-0.3, -0.25) is 4.98 Å². The number of pyridine rings is 1. The lowest BCUT2D eigenvalue weighted by atomic mass is 9.98. The molecule has 5 rings (SSSR count). The van der Waals surface area contributed by atoms with Crippen LogP contribution in [0.15, 0.2) is 67.1 Å². The molecule has 2 aliphatic rings. The van der Waals surface area contributed by atoms with Gasteiger partial charge in [-0.1, -0.05) is 31.0 Å². The van der Waals surface area contributed by atoms with Crippen molar-refractivity contribution < 1.29 is 5.11 Å². The van der Waals surface area contributed by atoms with Crippen LogP contribution in [-0.2, 0) is 0 Å². The Hall–Kier alpha value is -2.86. The molecule has 2 N–H and O–H groups in total. The second-order valence-corrected chi connectivity index (χ2v) is 8.20. The molecule has 0 bridgehead atoms. The van der Waals surface area contributed by atoms with Gasteiger partial charge in [-0.25, -0.2) is 0 Å². The van der Waals surface area contributed by atoms with Gasteiger partial charge in [-0.2, -0.15) is 0 Å². The van der Waals surface area contributed by atoms with Crippen LogP contribution in [0.5, 0.6) is 5.75 Å². The number of anilines is 1. The number of nitrogens with one attached hydrogen (secondary N) is 1. The SMILES string of the molecule is Oc1ccccc1N1C(=S)N[C@@H](c2ccccn2)[C@@H]1c1ccn(C2CCCC2)c1. The normalized spacial score (nSPS) is 22.2. The first-order chi connectivity index (χ1) is 14.2. The molecule has 2 atom stereocenters. The molecule has 148 valence electrons. The van der Waals surface area contributed by atoms with E-state index in [9.17, 15) is 5.11 Å². The summed E-state index contributed by atoms with van der Waals surface area (Å²) < 4.78 is 2.35. The van der Waals surface area contributed by atoms with Crippen molar-refractivity contribution in [2.24, 2.45) is 0 Å². The molecule has 3 heterocycles. The van der Waals surface area contributed by atoms with E-state index >= 15 is 0 Å². The first-order valence-electron chi connectivity index (χ1n) is 10.2. The van der Waals surface area contributed by atoms with Crippen molar-refractivity contribution in [3.8, 4) is 5.75 Å². The molecular formula is C23H24N4OS. The van der Waals surface area contributed by atoms with Crippen molar-refractivity contribution in [3.63, 3.8) is 0 Å². The summed E-state index contributed by atoms with van der Waals surface area (Å²) in [5.74, 6) is 0.221. The first kappa shape index (κ1) is 18.2. The molecule has 6 heteroatoms. The van der Waals surface area contributed by atoms with E-state index in [1.807, 2.05) is 47.5 Å². The zero-order valence-corrected chi connectivity index (χ0v) is 16.9. The highest BCUT2D eigenvalue weighted by atomic mass is 32.1. The summed E-state index contributed by atoms with van der Waals surface area (Å²) in [6, 6.07) is 15.9. The highest BCUT2D eigenvalue weighted by Crippen LogP contribution is 2.44. The molecule has 1 saturated carbocycles. The van der Waals surface area contributed by atoms with Crippen molar-refractivity contribution in [2.45, 2.75) is 43.8 Å². The van der Waals surface area contributed by atoms with Crippen LogP contribution in [0.1, 0.15) is 55.1 Å². The zero-order chi connectivity index (χ0) is 19.8. The van der Waals surface area contributed by atoms with E-state index in [1.54, 1.807) is 6.07 Å². The first-order valence-corrected chi connectivity index (χ1v) is 10.6. The van der Waals surface area contributed by atoms with Crippen LogP contribution in [0, 0.1) is 0 Å². The summed E-state index contributed by atoms with van der Waals surface area (Å²) in [5.41, 5.74) is 2.82. The Labute approximate surface area is 176 Å². The van der Waals surface area contributed by atoms with E-state index in [0.29, 0.717) is 16.8 Å². The monoisotopic (exact) mass is 404 g/mol. The number of aromatic nitrogens is 2. The Morgan fingerprint density at radius 2 is 1.83 bits per heavy atom. The number of phenols is 1. The number of hydrogen-bond acceptors (Lipinski definition) is 3. The topological polar surface area (TPSA) is 53.3 Å². The van der Waals surface area contributed by atoms with Crippen LogP contribution in [0.3, 0.4) is 0 Å². The maximum atomic E-state index is 10.5. The third-order valence-electron chi connectivity index (χ3n) is 6.06. The fourth-order valence-corrected chi connectivity index (χ4v) is 4.99. The largest absolute Gasteiger partial charge is 0.506 e. The lowest BCUT2D eigenvalue weighted by Gasteiger charge is -2.27. The van der Waals surface area contributed by atoms with Crippen LogP contribution in [0.25, 0.3) is 0 Å². The third-order valence-corrected chi connectivity index (χ3v) is 6.38. The van der Waals surface area contributed by atoms with Crippen molar-refractivity contribution in [2.75, 3.05) is 4.90 Å². The molecule has 0 radical (unpaired) electrons. The van der Waals surface area contributed by atoms with Gasteiger partial charge in [-0.15, -0.1) is 0 Å². The summed E-state index contributed by atoms with van der Waals surface area (Å²) in [4.78, 5) is 6.61.